The molecule has 1 aromatic carbocycles. The highest BCUT2D eigenvalue weighted by atomic mass is 16.5. The molecule has 7 heteroatoms. The first-order valence-corrected chi connectivity index (χ1v) is 9.89. The number of carbonyl (C=O) groups is 1. The quantitative estimate of drug-likeness (QED) is 0.627. The van der Waals surface area contributed by atoms with E-state index in [-0.39, 0.29) is 18.1 Å². The topological polar surface area (TPSA) is 104 Å². The third-order valence-electron chi connectivity index (χ3n) is 4.37. The van der Waals surface area contributed by atoms with E-state index in [1.807, 2.05) is 20.8 Å². The minimum absolute atomic E-state index is 0.000781. The summed E-state index contributed by atoms with van der Waals surface area (Å²) in [7, 11) is 0. The van der Waals surface area contributed by atoms with E-state index in [9.17, 15) is 10.1 Å². The molecule has 156 valence electrons. The number of ether oxygens (including phenoxy) is 4. The number of esters is 1. The van der Waals surface area contributed by atoms with Gasteiger partial charge in [0.2, 0.25) is 5.88 Å². The zero-order valence-electron chi connectivity index (χ0n) is 17.4. The van der Waals surface area contributed by atoms with Crippen LogP contribution >= 0.6 is 0 Å². The molecular formula is C22H28N2O5. The van der Waals surface area contributed by atoms with Crippen LogP contribution in [0.25, 0.3) is 0 Å². The maximum atomic E-state index is 12.8. The molecule has 2 N–H and O–H groups in total. The molecule has 1 aliphatic rings. The fourth-order valence-electron chi connectivity index (χ4n) is 3.24. The van der Waals surface area contributed by atoms with Gasteiger partial charge in [-0.05, 0) is 44.9 Å². The number of hydrogen-bond donors (Lipinski definition) is 1. The summed E-state index contributed by atoms with van der Waals surface area (Å²) in [6.45, 7) is 8.61. The summed E-state index contributed by atoms with van der Waals surface area (Å²) in [5.41, 5.74) is 7.18. The van der Waals surface area contributed by atoms with Gasteiger partial charge in [0, 0.05) is 6.42 Å². The summed E-state index contributed by atoms with van der Waals surface area (Å²) in [4.78, 5) is 12.8. The van der Waals surface area contributed by atoms with E-state index in [1.54, 1.807) is 25.1 Å². The van der Waals surface area contributed by atoms with Crippen molar-refractivity contribution in [3.05, 3.63) is 46.6 Å². The molecular weight excluding hydrogens is 372 g/mol. The van der Waals surface area contributed by atoms with Crippen molar-refractivity contribution >= 4 is 5.97 Å². The van der Waals surface area contributed by atoms with Crippen LogP contribution in [0, 0.1) is 11.3 Å². The Balaban J connectivity index is 2.67. The molecule has 0 aromatic heterocycles. The van der Waals surface area contributed by atoms with Gasteiger partial charge in [0.05, 0.1) is 31.3 Å². The van der Waals surface area contributed by atoms with E-state index < -0.39 is 11.9 Å². The van der Waals surface area contributed by atoms with Crippen LogP contribution in [0.15, 0.2) is 41.0 Å². The predicted molar refractivity (Wildman–Crippen MR) is 108 cm³/mol. The summed E-state index contributed by atoms with van der Waals surface area (Å²) in [5.74, 6) is 0.336. The Morgan fingerprint density at radius 2 is 1.83 bits per heavy atom. The van der Waals surface area contributed by atoms with Crippen molar-refractivity contribution < 1.29 is 23.7 Å². The van der Waals surface area contributed by atoms with Gasteiger partial charge in [-0.25, -0.2) is 4.79 Å². The maximum Gasteiger partial charge on any atom is 0.338 e. The Bertz CT molecular complexity index is 851. The molecule has 2 rings (SSSR count). The molecule has 1 aliphatic heterocycles. The number of carbonyl (C=O) groups excluding carboxylic acids is 1. The Labute approximate surface area is 171 Å². The number of benzene rings is 1. The van der Waals surface area contributed by atoms with Gasteiger partial charge in [-0.1, -0.05) is 13.0 Å². The van der Waals surface area contributed by atoms with Crippen molar-refractivity contribution in [2.24, 2.45) is 5.73 Å². The fourth-order valence-corrected chi connectivity index (χ4v) is 3.24. The summed E-state index contributed by atoms with van der Waals surface area (Å²) < 4.78 is 22.3. The lowest BCUT2D eigenvalue weighted by Gasteiger charge is -2.28. The van der Waals surface area contributed by atoms with Gasteiger partial charge in [0.1, 0.15) is 17.4 Å². The Morgan fingerprint density at radius 1 is 1.14 bits per heavy atom. The summed E-state index contributed by atoms with van der Waals surface area (Å²) in [6.07, 6.45) is 1.24. The minimum atomic E-state index is -0.704. The van der Waals surface area contributed by atoms with Crippen molar-refractivity contribution in [2.75, 3.05) is 19.8 Å². The predicted octanol–water partition coefficient (Wildman–Crippen LogP) is 3.91. The molecule has 0 aliphatic carbocycles. The van der Waals surface area contributed by atoms with Gasteiger partial charge in [0.25, 0.3) is 0 Å². The lowest BCUT2D eigenvalue weighted by atomic mass is 9.82. The molecule has 0 bridgehead atoms. The van der Waals surface area contributed by atoms with Crippen LogP contribution in [0.1, 0.15) is 52.0 Å². The first-order chi connectivity index (χ1) is 14.0. The Hall–Kier alpha value is -3.14. The summed E-state index contributed by atoms with van der Waals surface area (Å²) >= 11 is 0. The molecule has 7 nitrogen and oxygen atoms in total. The van der Waals surface area contributed by atoms with Gasteiger partial charge >= 0.3 is 5.97 Å². The zero-order chi connectivity index (χ0) is 21.4. The molecule has 1 aromatic rings. The number of allylic oxidation sites excluding steroid dienone is 2. The Kier molecular flexibility index (Phi) is 7.96. The van der Waals surface area contributed by atoms with Gasteiger partial charge in [-0.2, -0.15) is 5.26 Å². The lowest BCUT2D eigenvalue weighted by molar-refractivity contribution is -0.139. The Morgan fingerprint density at radius 3 is 2.41 bits per heavy atom. The molecule has 0 saturated carbocycles. The van der Waals surface area contributed by atoms with Crippen molar-refractivity contribution in [1.29, 1.82) is 5.26 Å². The average molecular weight is 400 g/mol. The van der Waals surface area contributed by atoms with E-state index in [1.165, 1.54) is 0 Å². The smallest absolute Gasteiger partial charge is 0.338 e. The average Bonchev–Trinajstić information content (AvgIpc) is 2.69. The molecule has 1 unspecified atom stereocenters. The van der Waals surface area contributed by atoms with Crippen LogP contribution < -0.4 is 15.2 Å². The summed E-state index contributed by atoms with van der Waals surface area (Å²) in [5, 5.41) is 9.75. The van der Waals surface area contributed by atoms with Gasteiger partial charge in [0.15, 0.2) is 11.5 Å². The van der Waals surface area contributed by atoms with Crippen LogP contribution in [0.3, 0.4) is 0 Å². The van der Waals surface area contributed by atoms with Crippen molar-refractivity contribution in [3.63, 3.8) is 0 Å². The van der Waals surface area contributed by atoms with E-state index in [2.05, 4.69) is 6.07 Å². The van der Waals surface area contributed by atoms with E-state index in [0.29, 0.717) is 48.0 Å². The highest BCUT2D eigenvalue weighted by Gasteiger charge is 2.37. The normalized spacial score (nSPS) is 16.2. The monoisotopic (exact) mass is 400 g/mol. The highest BCUT2D eigenvalue weighted by Crippen LogP contribution is 2.43. The molecule has 0 radical (unpaired) electrons. The number of rotatable bonds is 9. The van der Waals surface area contributed by atoms with E-state index in [4.69, 9.17) is 24.7 Å². The second kappa shape index (κ2) is 10.4. The highest BCUT2D eigenvalue weighted by molar-refractivity contribution is 5.92. The van der Waals surface area contributed by atoms with Crippen molar-refractivity contribution in [3.8, 4) is 17.6 Å². The van der Waals surface area contributed by atoms with Gasteiger partial charge in [-0.3, -0.25) is 0 Å². The maximum absolute atomic E-state index is 12.8. The van der Waals surface area contributed by atoms with Crippen LogP contribution in [0.2, 0.25) is 0 Å². The first-order valence-electron chi connectivity index (χ1n) is 9.89. The number of nitrogens with two attached hydrogens (primary N) is 1. The van der Waals surface area contributed by atoms with Gasteiger partial charge in [-0.15, -0.1) is 0 Å². The lowest BCUT2D eigenvalue weighted by Crippen LogP contribution is -2.26. The number of nitrogens with zero attached hydrogens (tertiary/aromatic N) is 1. The van der Waals surface area contributed by atoms with Crippen LogP contribution in [-0.2, 0) is 14.3 Å². The van der Waals surface area contributed by atoms with E-state index >= 15 is 0 Å². The molecule has 1 heterocycles. The van der Waals surface area contributed by atoms with Crippen LogP contribution in [-0.4, -0.2) is 25.8 Å². The van der Waals surface area contributed by atoms with Crippen LogP contribution in [0.5, 0.6) is 11.5 Å². The molecule has 0 amide bonds. The molecule has 29 heavy (non-hydrogen) atoms. The second-order valence-electron chi connectivity index (χ2n) is 6.30. The molecule has 1 atom stereocenters. The number of hydrogen-bond acceptors (Lipinski definition) is 7. The third-order valence-corrected chi connectivity index (χ3v) is 4.37. The van der Waals surface area contributed by atoms with Gasteiger partial charge < -0.3 is 24.7 Å². The first kappa shape index (κ1) is 22.2. The number of nitriles is 1. The standard InChI is InChI=1S/C22H28N2O5/c1-5-9-17-20(22(25)28-8-4)19(15(13-23)21(24)29-17)14-10-11-16(26-6-2)18(12-14)27-7-3/h10-12,19H,5-9,24H2,1-4H3. The molecule has 0 spiro atoms. The minimum Gasteiger partial charge on any atom is -0.490 e. The third kappa shape index (κ3) is 4.83. The van der Waals surface area contributed by atoms with Crippen molar-refractivity contribution in [2.45, 2.75) is 46.5 Å². The largest absolute Gasteiger partial charge is 0.490 e. The SMILES string of the molecule is CCCC1=C(C(=O)OCC)C(c2ccc(OCC)c(OCC)c2)C(C#N)=C(N)O1. The second-order valence-corrected chi connectivity index (χ2v) is 6.30. The summed E-state index contributed by atoms with van der Waals surface area (Å²) in [6, 6.07) is 7.45. The molecule has 0 saturated heterocycles. The fraction of sp³-hybridized carbons (Fsp3) is 0.455. The van der Waals surface area contributed by atoms with Crippen molar-refractivity contribution in [1.82, 2.24) is 0 Å². The van der Waals surface area contributed by atoms with Crippen LogP contribution in [0.4, 0.5) is 0 Å². The molecule has 0 fully saturated rings. The zero-order valence-corrected chi connectivity index (χ0v) is 17.4. The van der Waals surface area contributed by atoms with E-state index in [0.717, 1.165) is 6.42 Å².